The molecule has 4 rings (SSSR count). The van der Waals surface area contributed by atoms with Crippen LogP contribution in [0, 0.1) is 5.92 Å². The number of likely N-dealkylation sites (N-methyl/N-ethyl adjacent to an activating group) is 1. The number of nitrogens with zero attached hydrogens (tertiary/aromatic N) is 2. The van der Waals surface area contributed by atoms with E-state index in [0.29, 0.717) is 35.6 Å². The zero-order valence-electron chi connectivity index (χ0n) is 20.4. The van der Waals surface area contributed by atoms with Crippen molar-refractivity contribution in [2.24, 2.45) is 5.92 Å². The highest BCUT2D eigenvalue weighted by Crippen LogP contribution is 2.43. The SMILES string of the molecule is CN(C)C(COCc1ccc(Cl)c(Cl)c1)Cc1cnc([C@](O)(c2ccccc2)C2CCCCC2)o1. The van der Waals surface area contributed by atoms with Crippen LogP contribution in [-0.4, -0.2) is 41.7 Å². The first-order valence-corrected chi connectivity index (χ1v) is 13.0. The topological polar surface area (TPSA) is 58.7 Å². The minimum atomic E-state index is -1.22. The summed E-state index contributed by atoms with van der Waals surface area (Å²) >= 11 is 12.1. The van der Waals surface area contributed by atoms with Gasteiger partial charge in [-0.05, 0) is 50.2 Å². The molecule has 0 saturated heterocycles. The summed E-state index contributed by atoms with van der Waals surface area (Å²) in [5.41, 5.74) is 0.589. The van der Waals surface area contributed by atoms with E-state index in [9.17, 15) is 5.11 Å². The van der Waals surface area contributed by atoms with E-state index in [1.807, 2.05) is 56.6 Å². The molecular weight excluding hydrogens is 483 g/mol. The maximum Gasteiger partial charge on any atom is 0.231 e. The molecule has 1 fully saturated rings. The van der Waals surface area contributed by atoms with E-state index in [-0.39, 0.29) is 12.0 Å². The number of ether oxygens (including phenoxy) is 1. The van der Waals surface area contributed by atoms with E-state index in [0.717, 1.165) is 42.6 Å². The van der Waals surface area contributed by atoms with Gasteiger partial charge in [0, 0.05) is 18.4 Å². The highest BCUT2D eigenvalue weighted by atomic mass is 35.5. The average Bonchev–Trinajstić information content (AvgIpc) is 3.35. The number of benzene rings is 2. The predicted octanol–water partition coefficient (Wildman–Crippen LogP) is 6.49. The molecule has 1 N–H and O–H groups in total. The molecule has 3 aromatic rings. The fourth-order valence-electron chi connectivity index (χ4n) is 4.89. The number of halogens is 2. The third-order valence-corrected chi connectivity index (χ3v) is 7.76. The smallest absolute Gasteiger partial charge is 0.231 e. The molecule has 0 radical (unpaired) electrons. The highest BCUT2D eigenvalue weighted by Gasteiger charge is 2.44. The standard InChI is InChI=1S/C28H34Cl2N2O3/c1-32(2)23(19-34-18-20-13-14-25(29)26(30)15-20)16-24-17-31-27(35-24)28(33,21-9-5-3-6-10-21)22-11-7-4-8-12-22/h3,5-6,9-10,13-15,17,22-23,33H,4,7-8,11-12,16,18-19H2,1-2H3/t23?,28-/m0/s1. The van der Waals surface area contributed by atoms with Crippen molar-refractivity contribution in [2.75, 3.05) is 20.7 Å². The molecule has 0 spiro atoms. The number of aliphatic hydroxyl groups is 1. The van der Waals surface area contributed by atoms with Crippen molar-refractivity contribution in [1.82, 2.24) is 9.88 Å². The minimum Gasteiger partial charge on any atom is -0.442 e. The summed E-state index contributed by atoms with van der Waals surface area (Å²) in [6, 6.07) is 15.4. The monoisotopic (exact) mass is 516 g/mol. The molecule has 7 heteroatoms. The van der Waals surface area contributed by atoms with Gasteiger partial charge in [0.1, 0.15) is 5.76 Å². The largest absolute Gasteiger partial charge is 0.442 e. The Balaban J connectivity index is 1.47. The van der Waals surface area contributed by atoms with Gasteiger partial charge in [-0.25, -0.2) is 4.98 Å². The first-order valence-electron chi connectivity index (χ1n) is 12.3. The molecule has 1 heterocycles. The number of hydrogen-bond acceptors (Lipinski definition) is 5. The zero-order chi connectivity index (χ0) is 24.8. The first-order chi connectivity index (χ1) is 16.9. The fourth-order valence-corrected chi connectivity index (χ4v) is 5.21. The van der Waals surface area contributed by atoms with Crippen LogP contribution < -0.4 is 0 Å². The van der Waals surface area contributed by atoms with Crippen molar-refractivity contribution < 1.29 is 14.3 Å². The predicted molar refractivity (Wildman–Crippen MR) is 140 cm³/mol. The maximum atomic E-state index is 12.0. The van der Waals surface area contributed by atoms with Crippen LogP contribution in [0.2, 0.25) is 10.0 Å². The summed E-state index contributed by atoms with van der Waals surface area (Å²) in [6.07, 6.45) is 7.75. The lowest BCUT2D eigenvalue weighted by molar-refractivity contribution is -0.0242. The number of aromatic nitrogens is 1. The van der Waals surface area contributed by atoms with E-state index < -0.39 is 5.60 Å². The van der Waals surface area contributed by atoms with Gasteiger partial charge in [0.15, 0.2) is 5.60 Å². The second kappa shape index (κ2) is 11.9. The molecule has 188 valence electrons. The molecule has 0 aliphatic heterocycles. The van der Waals surface area contributed by atoms with Crippen molar-refractivity contribution >= 4 is 23.2 Å². The van der Waals surface area contributed by atoms with Crippen LogP contribution in [0.15, 0.2) is 59.1 Å². The summed E-state index contributed by atoms with van der Waals surface area (Å²) in [5.74, 6) is 1.21. The van der Waals surface area contributed by atoms with Crippen LogP contribution in [0.5, 0.6) is 0 Å². The van der Waals surface area contributed by atoms with Crippen LogP contribution in [0.3, 0.4) is 0 Å². The second-order valence-electron chi connectivity index (χ2n) is 9.68. The van der Waals surface area contributed by atoms with Crippen molar-refractivity contribution in [3.8, 4) is 0 Å². The van der Waals surface area contributed by atoms with Crippen molar-refractivity contribution in [3.05, 3.63) is 87.6 Å². The quantitative estimate of drug-likeness (QED) is 0.333. The normalized spacial score (nSPS) is 17.4. The van der Waals surface area contributed by atoms with E-state index >= 15 is 0 Å². The van der Waals surface area contributed by atoms with Crippen molar-refractivity contribution in [1.29, 1.82) is 0 Å². The third kappa shape index (κ3) is 6.28. The van der Waals surface area contributed by atoms with Gasteiger partial charge in [-0.2, -0.15) is 0 Å². The Morgan fingerprint density at radius 1 is 1.09 bits per heavy atom. The van der Waals surface area contributed by atoms with Crippen LogP contribution in [0.4, 0.5) is 0 Å². The molecule has 1 saturated carbocycles. The molecule has 35 heavy (non-hydrogen) atoms. The highest BCUT2D eigenvalue weighted by molar-refractivity contribution is 6.42. The van der Waals surface area contributed by atoms with Gasteiger partial charge < -0.3 is 19.2 Å². The number of rotatable bonds is 10. The third-order valence-electron chi connectivity index (χ3n) is 7.02. The Morgan fingerprint density at radius 2 is 1.83 bits per heavy atom. The maximum absolute atomic E-state index is 12.0. The molecule has 2 aromatic carbocycles. The zero-order valence-corrected chi connectivity index (χ0v) is 21.9. The fraction of sp³-hybridized carbons (Fsp3) is 0.464. The van der Waals surface area contributed by atoms with Crippen molar-refractivity contribution in [3.63, 3.8) is 0 Å². The summed E-state index contributed by atoms with van der Waals surface area (Å²) in [6.45, 7) is 0.952. The molecule has 1 aliphatic carbocycles. The number of oxazole rings is 1. The lowest BCUT2D eigenvalue weighted by Crippen LogP contribution is -2.38. The molecule has 0 amide bonds. The Labute approximate surface area is 218 Å². The van der Waals surface area contributed by atoms with Gasteiger partial charge in [0.05, 0.1) is 29.5 Å². The van der Waals surface area contributed by atoms with Gasteiger partial charge in [-0.1, -0.05) is 78.9 Å². The van der Waals surface area contributed by atoms with Gasteiger partial charge in [-0.15, -0.1) is 0 Å². The Hall–Kier alpha value is -1.89. The Kier molecular flexibility index (Phi) is 8.90. The number of hydrogen-bond donors (Lipinski definition) is 1. The molecule has 1 unspecified atom stereocenters. The van der Waals surface area contributed by atoms with Gasteiger partial charge >= 0.3 is 0 Å². The van der Waals surface area contributed by atoms with E-state index in [2.05, 4.69) is 9.88 Å². The lowest BCUT2D eigenvalue weighted by atomic mass is 9.73. The Bertz CT molecular complexity index is 1080. The lowest BCUT2D eigenvalue weighted by Gasteiger charge is -2.36. The molecular formula is C28H34Cl2N2O3. The Morgan fingerprint density at radius 3 is 2.51 bits per heavy atom. The summed E-state index contributed by atoms with van der Waals surface area (Å²) in [4.78, 5) is 6.71. The summed E-state index contributed by atoms with van der Waals surface area (Å²) in [5, 5.41) is 13.1. The second-order valence-corrected chi connectivity index (χ2v) is 10.5. The van der Waals surface area contributed by atoms with Crippen LogP contribution in [0.25, 0.3) is 0 Å². The van der Waals surface area contributed by atoms with Crippen molar-refractivity contribution in [2.45, 2.75) is 56.8 Å². The van der Waals surface area contributed by atoms with Crippen LogP contribution in [0.1, 0.15) is 54.9 Å². The van der Waals surface area contributed by atoms with E-state index in [1.54, 1.807) is 12.3 Å². The summed E-state index contributed by atoms with van der Waals surface area (Å²) < 4.78 is 12.2. The molecule has 1 aromatic heterocycles. The van der Waals surface area contributed by atoms with Gasteiger partial charge in [0.25, 0.3) is 0 Å². The minimum absolute atomic E-state index is 0.0815. The average molecular weight is 517 g/mol. The molecule has 2 atom stereocenters. The van der Waals surface area contributed by atoms with Crippen LogP contribution in [-0.2, 0) is 23.4 Å². The van der Waals surface area contributed by atoms with Crippen LogP contribution >= 0.6 is 23.2 Å². The summed E-state index contributed by atoms with van der Waals surface area (Å²) in [7, 11) is 4.04. The molecule has 1 aliphatic rings. The van der Waals surface area contributed by atoms with Gasteiger partial charge in [0.2, 0.25) is 5.89 Å². The first kappa shape index (κ1) is 26.2. The molecule has 5 nitrogen and oxygen atoms in total. The molecule has 0 bridgehead atoms. The van der Waals surface area contributed by atoms with E-state index in [1.165, 1.54) is 6.42 Å². The van der Waals surface area contributed by atoms with E-state index in [4.69, 9.17) is 32.4 Å². The van der Waals surface area contributed by atoms with Gasteiger partial charge in [-0.3, -0.25) is 0 Å².